The Balaban J connectivity index is 1.07. The van der Waals surface area contributed by atoms with E-state index in [4.69, 9.17) is 17.2 Å². The Bertz CT molecular complexity index is 4870. The molecule has 21 N–H and O–H groups in total. The number of likely N-dealkylation sites (N-methyl/N-ethyl adjacent to an activating group) is 2. The molecular weight excluding hydrogens is 1680 g/mol. The molecule has 4 fully saturated rings. The van der Waals surface area contributed by atoms with Gasteiger partial charge in [0.15, 0.2) is 0 Å². The van der Waals surface area contributed by atoms with Crippen LogP contribution in [-0.2, 0) is 106 Å². The fraction of sp³-hybridized carbons (Fsp3) is 0.535. The number of nitrogens with two attached hydrogens (primary N) is 3. The van der Waals surface area contributed by atoms with E-state index in [-0.39, 0.29) is 109 Å². The minimum Gasteiger partial charge on any atom is -0.508 e. The number of para-hydroxylation sites is 2. The molecule has 16 amide bonds. The lowest BCUT2D eigenvalue weighted by Crippen LogP contribution is -2.61. The molecule has 0 bridgehead atoms. The molecular formula is C86H118N20O21S. The van der Waals surface area contributed by atoms with Crippen LogP contribution in [0.15, 0.2) is 85.2 Å². The zero-order valence-corrected chi connectivity index (χ0v) is 73.1. The highest BCUT2D eigenvalue weighted by Crippen LogP contribution is 2.28. The number of carboxylic acids is 2. The standard InChI is InChI=1S/C86H118N20O21S/c1-6-8-21-64-78(119)93-47(3)73(114)101-63(74(115)92-44-69(89)108)45-128-46-70(109)94-59(37-48-26-28-51(107)29-27-48)84(125)105-35-15-24-66(105)80(121)99-61(40-72(112)113)85(126)106-36-16-25-67(106)81(122)100-62(41-88)77(118)96-57(30-31-71(110)111)83(124)104-34-14-23-65(104)79(120)97-58(38-49-42-90-54-19-12-10-17-52(49)54)76(117)95-56(32-33-87)75(116)98-60(39-50-43-91-55-20-13-11-18-53(50)55)82(123)103(5)68(22-9-7-2)86(127)102(64)4/h10-13,17-20,26-29,42-43,47,56-68,90-91,107H,6-9,14-16,21-25,30-41,44-46,87-88H2,1-5H3,(H2,89,108)(H,92,115)(H,93,119)(H,94,109)(H,95,117)(H,96,118)(H,97,120)(H,98,116)(H,99,121)(H,100,122)(H,101,114)(H,110,111)(H,112,113). The van der Waals surface area contributed by atoms with Gasteiger partial charge in [-0.1, -0.05) is 88.1 Å². The predicted molar refractivity (Wildman–Crippen MR) is 467 cm³/mol. The van der Waals surface area contributed by atoms with Crippen LogP contribution in [0.25, 0.3) is 21.8 Å². The lowest BCUT2D eigenvalue weighted by Gasteiger charge is -2.36. The van der Waals surface area contributed by atoms with Gasteiger partial charge in [-0.25, -0.2) is 0 Å². The molecule has 0 saturated carbocycles. The van der Waals surface area contributed by atoms with Gasteiger partial charge in [0.1, 0.15) is 90.3 Å². The largest absolute Gasteiger partial charge is 0.508 e. The number of phenols is 1. The number of aliphatic carboxylic acids is 2. The number of nitrogens with one attached hydrogen (secondary N) is 12. The Labute approximate surface area is 742 Å². The quantitative estimate of drug-likeness (QED) is 0.0329. The van der Waals surface area contributed by atoms with Gasteiger partial charge in [-0.05, 0) is 119 Å². The monoisotopic (exact) mass is 1800 g/mol. The van der Waals surface area contributed by atoms with Crippen molar-refractivity contribution in [1.82, 2.24) is 87.6 Å². The number of H-pyrrole nitrogens is 2. The summed E-state index contributed by atoms with van der Waals surface area (Å²) in [5.41, 5.74) is 20.6. The summed E-state index contributed by atoms with van der Waals surface area (Å²) in [6.07, 6.45) is 2.32. The number of hydrogen-bond acceptors (Lipinski definition) is 22. The van der Waals surface area contributed by atoms with Crippen LogP contribution in [0, 0.1) is 0 Å². The molecule has 4 aliphatic heterocycles. The molecule has 3 aromatic carbocycles. The number of primary amides is 1. The molecule has 128 heavy (non-hydrogen) atoms. The summed E-state index contributed by atoms with van der Waals surface area (Å²) in [7, 11) is 2.75. The van der Waals surface area contributed by atoms with Crippen LogP contribution < -0.4 is 70.4 Å². The van der Waals surface area contributed by atoms with Crippen LogP contribution in [0.1, 0.15) is 140 Å². The summed E-state index contributed by atoms with van der Waals surface area (Å²) in [6.45, 7) is 3.07. The van der Waals surface area contributed by atoms with Gasteiger partial charge in [0, 0.05) is 106 Å². The van der Waals surface area contributed by atoms with E-state index >= 15 is 28.8 Å². The van der Waals surface area contributed by atoms with Crippen molar-refractivity contribution in [2.75, 3.05) is 64.9 Å². The van der Waals surface area contributed by atoms with Crippen molar-refractivity contribution in [1.29, 1.82) is 0 Å². The lowest BCUT2D eigenvalue weighted by molar-refractivity contribution is -0.149. The van der Waals surface area contributed by atoms with Crippen LogP contribution in [0.4, 0.5) is 0 Å². The summed E-state index contributed by atoms with van der Waals surface area (Å²) >= 11 is 0.786. The number of aromatic hydroxyl groups is 1. The highest BCUT2D eigenvalue weighted by atomic mass is 32.2. The average molecular weight is 1800 g/mol. The summed E-state index contributed by atoms with van der Waals surface area (Å²) < 4.78 is 0. The van der Waals surface area contributed by atoms with Crippen LogP contribution in [0.2, 0.25) is 0 Å². The summed E-state index contributed by atoms with van der Waals surface area (Å²) in [6, 6.07) is -1.36. The van der Waals surface area contributed by atoms with Crippen LogP contribution in [0.3, 0.4) is 0 Å². The molecule has 694 valence electrons. The number of carbonyl (C=O) groups excluding carboxylic acids is 16. The Morgan fingerprint density at radius 2 is 0.953 bits per heavy atom. The number of phenolic OH excluding ortho intramolecular Hbond substituents is 1. The SMILES string of the molecule is CCCCC1C(=O)N(C)C(CCCC)C(=O)NC(C)C(=O)NC(C(=O)NCC(N)=O)CSCC(=O)NC(Cc2ccc(O)cc2)C(=O)N2CCCC2C(=O)NC(CC(=O)O)C(=O)N2CCCC2C(=O)NC(CN)C(=O)NC(CCC(=O)O)C(=O)N2CCCC2C(=O)NC(Cc2c[nH]c3ccccc23)C(=O)NC(CCN)C(=O)NC(Cc2c[nH]c3ccccc23)C(=O)N1C. The normalized spacial score (nSPS) is 25.3. The van der Waals surface area contributed by atoms with E-state index in [9.17, 15) is 72.9 Å². The van der Waals surface area contributed by atoms with Crippen molar-refractivity contribution < 1.29 is 102 Å². The molecule has 6 heterocycles. The molecule has 4 saturated heterocycles. The van der Waals surface area contributed by atoms with Gasteiger partial charge in [-0.2, -0.15) is 0 Å². The predicted octanol–water partition coefficient (Wildman–Crippen LogP) is -2.23. The fourth-order valence-electron chi connectivity index (χ4n) is 16.4. The van der Waals surface area contributed by atoms with Crippen LogP contribution in [-0.4, -0.2) is 306 Å². The Morgan fingerprint density at radius 1 is 0.484 bits per heavy atom. The highest BCUT2D eigenvalue weighted by molar-refractivity contribution is 8.00. The molecule has 2 aromatic heterocycles. The maximum atomic E-state index is 15.7. The summed E-state index contributed by atoms with van der Waals surface area (Å²) in [5, 5.41) is 57.8. The van der Waals surface area contributed by atoms with Crippen molar-refractivity contribution in [3.05, 3.63) is 102 Å². The molecule has 14 atom stereocenters. The smallest absolute Gasteiger partial charge is 0.305 e. The number of rotatable bonds is 23. The molecule has 0 spiro atoms. The number of nitrogens with zero attached hydrogens (tertiary/aromatic N) is 5. The van der Waals surface area contributed by atoms with Crippen molar-refractivity contribution >= 4 is 140 Å². The third kappa shape index (κ3) is 26.5. The molecule has 5 aromatic rings. The van der Waals surface area contributed by atoms with Crippen molar-refractivity contribution in [3.8, 4) is 5.75 Å². The van der Waals surface area contributed by atoms with E-state index in [1.165, 1.54) is 55.1 Å². The van der Waals surface area contributed by atoms with E-state index in [1.807, 2.05) is 13.8 Å². The third-order valence-electron chi connectivity index (χ3n) is 23.4. The number of aromatic nitrogens is 2. The lowest BCUT2D eigenvalue weighted by atomic mass is 10.00. The van der Waals surface area contributed by atoms with Crippen molar-refractivity contribution in [3.63, 3.8) is 0 Å². The second-order valence-electron chi connectivity index (χ2n) is 32.6. The summed E-state index contributed by atoms with van der Waals surface area (Å²) in [5.74, 6) is -18.6. The van der Waals surface area contributed by atoms with Gasteiger partial charge in [-0.3, -0.25) is 86.3 Å². The maximum absolute atomic E-state index is 15.7. The molecule has 9 rings (SSSR count). The van der Waals surface area contributed by atoms with Gasteiger partial charge >= 0.3 is 11.9 Å². The van der Waals surface area contributed by atoms with Gasteiger partial charge in [-0.15, -0.1) is 11.8 Å². The first-order chi connectivity index (χ1) is 61.1. The van der Waals surface area contributed by atoms with Crippen LogP contribution >= 0.6 is 11.8 Å². The van der Waals surface area contributed by atoms with Gasteiger partial charge in [0.2, 0.25) is 94.5 Å². The van der Waals surface area contributed by atoms with E-state index in [2.05, 4.69) is 63.1 Å². The zero-order chi connectivity index (χ0) is 93.2. The first kappa shape index (κ1) is 99.1. The first-order valence-corrected chi connectivity index (χ1v) is 44.3. The molecule has 14 unspecified atom stereocenters. The maximum Gasteiger partial charge on any atom is 0.305 e. The number of amides is 16. The number of unbranched alkanes of at least 4 members (excludes halogenated alkanes) is 2. The zero-order valence-electron chi connectivity index (χ0n) is 72.3. The topological polar surface area (TPSA) is 614 Å². The van der Waals surface area contributed by atoms with E-state index < -0.39 is 235 Å². The first-order valence-electron chi connectivity index (χ1n) is 43.2. The van der Waals surface area contributed by atoms with E-state index in [0.29, 0.717) is 64.2 Å². The van der Waals surface area contributed by atoms with Gasteiger partial charge < -0.3 is 120 Å². The van der Waals surface area contributed by atoms with Gasteiger partial charge in [0.05, 0.1) is 18.7 Å². The number of hydrogen-bond donors (Lipinski definition) is 18. The fourth-order valence-corrected chi connectivity index (χ4v) is 17.3. The number of aromatic amines is 2. The Kier molecular flexibility index (Phi) is 36.5. The van der Waals surface area contributed by atoms with Crippen molar-refractivity contribution in [2.24, 2.45) is 17.2 Å². The second-order valence-corrected chi connectivity index (χ2v) is 33.6. The molecule has 0 radical (unpaired) electrons. The van der Waals surface area contributed by atoms with Crippen molar-refractivity contribution in [2.45, 2.75) is 227 Å². The Morgan fingerprint density at radius 3 is 1.48 bits per heavy atom. The number of benzene rings is 3. The molecule has 42 heteroatoms. The number of thioether (sulfide) groups is 1. The number of fused-ring (bicyclic) bond motifs is 5. The minimum atomic E-state index is -1.88. The third-order valence-corrected chi connectivity index (χ3v) is 24.4. The van der Waals surface area contributed by atoms with Crippen LogP contribution in [0.5, 0.6) is 5.75 Å². The average Bonchev–Trinajstić information content (AvgIpc) is 1.75. The molecule has 4 aliphatic rings. The highest BCUT2D eigenvalue weighted by Gasteiger charge is 2.46. The van der Waals surface area contributed by atoms with E-state index in [1.54, 1.807) is 60.9 Å². The van der Waals surface area contributed by atoms with E-state index in [0.717, 1.165) is 26.5 Å². The second kappa shape index (κ2) is 47.2. The van der Waals surface area contributed by atoms with Gasteiger partial charge in [0.25, 0.3) is 0 Å². The molecule has 0 aliphatic carbocycles. The molecule has 41 nitrogen and oxygen atoms in total. The number of carboxylic acid groups (broad SMARTS) is 2. The Hall–Kier alpha value is -12.7. The summed E-state index contributed by atoms with van der Waals surface area (Å²) in [4.78, 5) is 271. The minimum absolute atomic E-state index is 0.0169. The number of carbonyl (C=O) groups is 18.